The van der Waals surface area contributed by atoms with Crippen molar-refractivity contribution in [2.45, 2.75) is 45.2 Å². The fraction of sp³-hybridized carbons (Fsp3) is 0.333. The fourth-order valence-electron chi connectivity index (χ4n) is 4.32. The number of amides is 2. The molecule has 32 heavy (non-hydrogen) atoms. The summed E-state index contributed by atoms with van der Waals surface area (Å²) in [6, 6.07) is 21.6. The van der Waals surface area contributed by atoms with Crippen LogP contribution >= 0.6 is 0 Å². The van der Waals surface area contributed by atoms with Crippen LogP contribution in [0.3, 0.4) is 0 Å². The van der Waals surface area contributed by atoms with Gasteiger partial charge in [0.15, 0.2) is 0 Å². The minimum Gasteiger partial charge on any atom is -0.467 e. The van der Waals surface area contributed by atoms with Gasteiger partial charge in [-0.15, -0.1) is 0 Å². The summed E-state index contributed by atoms with van der Waals surface area (Å²) in [4.78, 5) is 29.7. The van der Waals surface area contributed by atoms with Gasteiger partial charge in [-0.05, 0) is 48.2 Å². The SMILES string of the molecule is CN(Cc1ccco1)C(=O)Cc1cccc(N(Cc2ccccc2)C(=O)C2CCCC2)c1. The van der Waals surface area contributed by atoms with E-state index < -0.39 is 0 Å². The van der Waals surface area contributed by atoms with Crippen molar-refractivity contribution in [3.8, 4) is 0 Å². The van der Waals surface area contributed by atoms with Gasteiger partial charge in [-0.1, -0.05) is 55.3 Å². The van der Waals surface area contributed by atoms with E-state index in [4.69, 9.17) is 4.42 Å². The predicted octanol–water partition coefficient (Wildman–Crippen LogP) is 5.20. The predicted molar refractivity (Wildman–Crippen MR) is 125 cm³/mol. The van der Waals surface area contributed by atoms with Gasteiger partial charge in [0.25, 0.3) is 0 Å². The van der Waals surface area contributed by atoms with Crippen molar-refractivity contribution >= 4 is 17.5 Å². The molecule has 2 amide bonds. The average Bonchev–Trinajstić information content (AvgIpc) is 3.52. The van der Waals surface area contributed by atoms with Crippen molar-refractivity contribution < 1.29 is 14.0 Å². The highest BCUT2D eigenvalue weighted by molar-refractivity contribution is 5.95. The molecule has 1 saturated carbocycles. The van der Waals surface area contributed by atoms with Gasteiger partial charge in [-0.25, -0.2) is 0 Å². The smallest absolute Gasteiger partial charge is 0.230 e. The number of furan rings is 1. The number of anilines is 1. The molecule has 5 heteroatoms. The van der Waals surface area contributed by atoms with Crippen molar-refractivity contribution in [2.75, 3.05) is 11.9 Å². The molecule has 0 spiro atoms. The Morgan fingerprint density at radius 1 is 0.906 bits per heavy atom. The molecular weight excluding hydrogens is 400 g/mol. The zero-order chi connectivity index (χ0) is 22.3. The molecular formula is C27H30N2O3. The number of benzene rings is 2. The van der Waals surface area contributed by atoms with Gasteiger partial charge in [0, 0.05) is 18.7 Å². The fourth-order valence-corrected chi connectivity index (χ4v) is 4.32. The number of nitrogens with zero attached hydrogens (tertiary/aromatic N) is 2. The molecule has 3 aromatic rings. The highest BCUT2D eigenvalue weighted by Crippen LogP contribution is 2.30. The lowest BCUT2D eigenvalue weighted by Crippen LogP contribution is -2.35. The number of carbonyl (C=O) groups is 2. The first-order valence-corrected chi connectivity index (χ1v) is 11.3. The molecule has 1 aliphatic rings. The third-order valence-electron chi connectivity index (χ3n) is 6.13. The maximum atomic E-state index is 13.4. The minimum atomic E-state index is 0.00952. The first-order chi connectivity index (χ1) is 15.6. The molecule has 2 aromatic carbocycles. The molecule has 1 heterocycles. The lowest BCUT2D eigenvalue weighted by atomic mass is 10.0. The second-order valence-corrected chi connectivity index (χ2v) is 8.57. The Morgan fingerprint density at radius 2 is 1.66 bits per heavy atom. The average molecular weight is 431 g/mol. The van der Waals surface area contributed by atoms with Crippen LogP contribution in [0.1, 0.15) is 42.6 Å². The summed E-state index contributed by atoms with van der Waals surface area (Å²) in [7, 11) is 1.78. The van der Waals surface area contributed by atoms with Gasteiger partial charge < -0.3 is 14.2 Å². The third kappa shape index (κ3) is 5.47. The van der Waals surface area contributed by atoms with Crippen LogP contribution in [-0.4, -0.2) is 23.8 Å². The molecule has 0 radical (unpaired) electrons. The highest BCUT2D eigenvalue weighted by atomic mass is 16.3. The molecule has 4 rings (SSSR count). The Bertz CT molecular complexity index is 1020. The van der Waals surface area contributed by atoms with Gasteiger partial charge in [-0.3, -0.25) is 9.59 Å². The van der Waals surface area contributed by atoms with Crippen LogP contribution in [0.4, 0.5) is 5.69 Å². The molecule has 1 aromatic heterocycles. The Balaban J connectivity index is 1.51. The van der Waals surface area contributed by atoms with Crippen LogP contribution in [0.25, 0.3) is 0 Å². The summed E-state index contributed by atoms with van der Waals surface area (Å²) >= 11 is 0. The Labute approximate surface area is 189 Å². The molecule has 5 nitrogen and oxygen atoms in total. The largest absolute Gasteiger partial charge is 0.467 e. The van der Waals surface area contributed by atoms with E-state index in [-0.39, 0.29) is 24.2 Å². The third-order valence-corrected chi connectivity index (χ3v) is 6.13. The van der Waals surface area contributed by atoms with Crippen LogP contribution in [0.5, 0.6) is 0 Å². The molecule has 166 valence electrons. The second kappa shape index (κ2) is 10.3. The molecule has 0 aliphatic heterocycles. The molecule has 1 aliphatic carbocycles. The van der Waals surface area contributed by atoms with E-state index in [2.05, 4.69) is 0 Å². The van der Waals surface area contributed by atoms with Crippen LogP contribution < -0.4 is 4.90 Å². The molecule has 0 atom stereocenters. The summed E-state index contributed by atoms with van der Waals surface area (Å²) in [6.45, 7) is 0.970. The normalized spacial score (nSPS) is 13.8. The van der Waals surface area contributed by atoms with E-state index in [1.807, 2.05) is 71.6 Å². The van der Waals surface area contributed by atoms with Crippen LogP contribution in [-0.2, 0) is 29.1 Å². The van der Waals surface area contributed by atoms with Crippen molar-refractivity contribution in [1.82, 2.24) is 4.90 Å². The molecule has 0 bridgehead atoms. The Hall–Kier alpha value is -3.34. The summed E-state index contributed by atoms with van der Waals surface area (Å²) in [6.07, 6.45) is 6.04. The molecule has 1 fully saturated rings. The standard InChI is InChI=1S/C27H30N2O3/c1-28(20-25-15-8-16-32-25)26(30)18-22-11-7-14-24(17-22)29(19-21-9-3-2-4-10-21)27(31)23-12-5-6-13-23/h2-4,7-11,14-17,23H,5-6,12-13,18-20H2,1H3. The maximum absolute atomic E-state index is 13.4. The van der Waals surface area contributed by atoms with Crippen molar-refractivity contribution in [1.29, 1.82) is 0 Å². The molecule has 0 N–H and O–H groups in total. The van der Waals surface area contributed by atoms with Crippen LogP contribution in [0, 0.1) is 5.92 Å². The zero-order valence-electron chi connectivity index (χ0n) is 18.6. The summed E-state index contributed by atoms with van der Waals surface area (Å²) < 4.78 is 5.35. The molecule has 0 saturated heterocycles. The topological polar surface area (TPSA) is 53.8 Å². The number of rotatable bonds is 8. The lowest BCUT2D eigenvalue weighted by Gasteiger charge is -2.26. The summed E-state index contributed by atoms with van der Waals surface area (Å²) in [5, 5.41) is 0. The number of hydrogen-bond acceptors (Lipinski definition) is 3. The van der Waals surface area contributed by atoms with Gasteiger partial charge >= 0.3 is 0 Å². The first-order valence-electron chi connectivity index (χ1n) is 11.3. The Morgan fingerprint density at radius 3 is 2.38 bits per heavy atom. The zero-order valence-corrected chi connectivity index (χ0v) is 18.6. The minimum absolute atomic E-state index is 0.00952. The van der Waals surface area contributed by atoms with E-state index in [0.29, 0.717) is 13.1 Å². The first kappa shape index (κ1) is 21.9. The molecule has 0 unspecified atom stereocenters. The van der Waals surface area contributed by atoms with Crippen molar-refractivity contribution in [2.24, 2.45) is 5.92 Å². The van der Waals surface area contributed by atoms with E-state index in [1.54, 1.807) is 18.2 Å². The van der Waals surface area contributed by atoms with Crippen LogP contribution in [0.15, 0.2) is 77.4 Å². The van der Waals surface area contributed by atoms with E-state index in [0.717, 1.165) is 48.3 Å². The summed E-state index contributed by atoms with van der Waals surface area (Å²) in [5.74, 6) is 1.04. The Kier molecular flexibility index (Phi) is 7.05. The van der Waals surface area contributed by atoms with Gasteiger partial charge in [0.1, 0.15) is 5.76 Å². The van der Waals surface area contributed by atoms with Crippen LogP contribution in [0.2, 0.25) is 0 Å². The van der Waals surface area contributed by atoms with Crippen molar-refractivity contribution in [3.05, 3.63) is 89.9 Å². The number of carbonyl (C=O) groups excluding carboxylic acids is 2. The van der Waals surface area contributed by atoms with Gasteiger partial charge in [-0.2, -0.15) is 0 Å². The van der Waals surface area contributed by atoms with Gasteiger partial charge in [0.05, 0.1) is 25.8 Å². The summed E-state index contributed by atoms with van der Waals surface area (Å²) in [5.41, 5.74) is 2.85. The second-order valence-electron chi connectivity index (χ2n) is 8.57. The van der Waals surface area contributed by atoms with Gasteiger partial charge in [0.2, 0.25) is 11.8 Å². The van der Waals surface area contributed by atoms with E-state index >= 15 is 0 Å². The lowest BCUT2D eigenvalue weighted by molar-refractivity contribution is -0.130. The van der Waals surface area contributed by atoms with Crippen molar-refractivity contribution in [3.63, 3.8) is 0 Å². The maximum Gasteiger partial charge on any atom is 0.230 e. The van der Waals surface area contributed by atoms with E-state index in [9.17, 15) is 9.59 Å². The highest BCUT2D eigenvalue weighted by Gasteiger charge is 2.28. The van der Waals surface area contributed by atoms with E-state index in [1.165, 1.54) is 0 Å². The monoisotopic (exact) mass is 430 g/mol. The number of hydrogen-bond donors (Lipinski definition) is 0. The quantitative estimate of drug-likeness (QED) is 0.493. The number of likely N-dealkylation sites (N-methyl/N-ethyl adjacent to an activating group) is 1.